The Bertz CT molecular complexity index is 905. The highest BCUT2D eigenvalue weighted by molar-refractivity contribution is 5.86. The van der Waals surface area contributed by atoms with Gasteiger partial charge in [-0.1, -0.05) is 12.7 Å². The lowest BCUT2D eigenvalue weighted by atomic mass is 10.2. The van der Waals surface area contributed by atoms with Crippen LogP contribution in [0.5, 0.6) is 11.5 Å². The van der Waals surface area contributed by atoms with Crippen LogP contribution in [-0.2, 0) is 9.53 Å². The van der Waals surface area contributed by atoms with Crippen molar-refractivity contribution >= 4 is 17.3 Å². The van der Waals surface area contributed by atoms with E-state index in [1.54, 1.807) is 6.92 Å². The van der Waals surface area contributed by atoms with Gasteiger partial charge in [0.05, 0.1) is 31.2 Å². The number of unbranched alkanes of at least 4 members (excludes halogenated alkanes) is 5. The highest BCUT2D eigenvalue weighted by Gasteiger charge is 2.02. The second-order valence-electron chi connectivity index (χ2n) is 8.00. The number of benzene rings is 2. The summed E-state index contributed by atoms with van der Waals surface area (Å²) in [6.45, 7) is 10.7. The van der Waals surface area contributed by atoms with Crippen molar-refractivity contribution in [3.8, 4) is 11.5 Å². The zero-order valence-corrected chi connectivity index (χ0v) is 20.2. The maximum Gasteiger partial charge on any atom is 0.333 e. The van der Waals surface area contributed by atoms with Crippen molar-refractivity contribution in [3.05, 3.63) is 73.3 Å². The van der Waals surface area contributed by atoms with Gasteiger partial charge in [-0.15, -0.1) is 6.58 Å². The SMILES string of the molecule is C=CCCCCOc1ccc(N=Nc2ccc(OCCCCCCOC(=O)C(=C)C)cc2)cc1. The predicted octanol–water partition coefficient (Wildman–Crippen LogP) is 7.90. The minimum Gasteiger partial charge on any atom is -0.494 e. The Hall–Kier alpha value is -3.41. The second kappa shape index (κ2) is 16.2. The molecule has 0 aliphatic heterocycles. The molecule has 0 unspecified atom stereocenters. The average Bonchev–Trinajstić information content (AvgIpc) is 2.85. The Balaban J connectivity index is 1.61. The number of nitrogens with zero attached hydrogens (tertiary/aromatic N) is 2. The minimum absolute atomic E-state index is 0.320. The van der Waals surface area contributed by atoms with E-state index in [9.17, 15) is 4.79 Å². The summed E-state index contributed by atoms with van der Waals surface area (Å²) < 4.78 is 16.6. The van der Waals surface area contributed by atoms with E-state index in [1.807, 2.05) is 54.6 Å². The Kier molecular flexibility index (Phi) is 12.8. The highest BCUT2D eigenvalue weighted by atomic mass is 16.5. The number of allylic oxidation sites excluding steroid dienone is 1. The van der Waals surface area contributed by atoms with Gasteiger partial charge in [0.2, 0.25) is 0 Å². The fourth-order valence-electron chi connectivity index (χ4n) is 2.95. The van der Waals surface area contributed by atoms with Gasteiger partial charge in [-0.25, -0.2) is 4.79 Å². The summed E-state index contributed by atoms with van der Waals surface area (Å²) in [5, 5.41) is 8.56. The van der Waals surface area contributed by atoms with Crippen molar-refractivity contribution < 1.29 is 19.0 Å². The largest absolute Gasteiger partial charge is 0.494 e. The van der Waals surface area contributed by atoms with Gasteiger partial charge in [0.15, 0.2) is 0 Å². The highest BCUT2D eigenvalue weighted by Crippen LogP contribution is 2.23. The molecule has 0 spiro atoms. The summed E-state index contributed by atoms with van der Waals surface area (Å²) in [6.07, 6.45) is 8.88. The van der Waals surface area contributed by atoms with E-state index in [-0.39, 0.29) is 5.97 Å². The molecule has 34 heavy (non-hydrogen) atoms. The standard InChI is InChI=1S/C28H36N2O4/c1-4-5-6-9-20-32-26-16-12-24(13-17-26)29-30-25-14-18-27(19-15-25)33-21-10-7-8-11-22-34-28(31)23(2)3/h4,12-19H,1-2,5-11,20-22H2,3H3. The predicted molar refractivity (Wildman–Crippen MR) is 136 cm³/mol. The normalized spacial score (nSPS) is 10.7. The lowest BCUT2D eigenvalue weighted by molar-refractivity contribution is -0.139. The summed E-state index contributed by atoms with van der Waals surface area (Å²) in [5.41, 5.74) is 1.97. The molecule has 0 heterocycles. The number of carbonyl (C=O) groups is 1. The number of esters is 1. The van der Waals surface area contributed by atoms with Crippen LogP contribution >= 0.6 is 0 Å². The van der Waals surface area contributed by atoms with Gasteiger partial charge in [-0.2, -0.15) is 10.2 Å². The molecule has 2 rings (SSSR count). The maximum absolute atomic E-state index is 11.3. The Morgan fingerprint density at radius 3 is 1.71 bits per heavy atom. The minimum atomic E-state index is -0.320. The summed E-state index contributed by atoms with van der Waals surface area (Å²) in [7, 11) is 0. The quantitative estimate of drug-likeness (QED) is 0.0784. The molecule has 0 N–H and O–H groups in total. The van der Waals surface area contributed by atoms with Gasteiger partial charge in [-0.3, -0.25) is 0 Å². The van der Waals surface area contributed by atoms with Crippen LogP contribution in [0.15, 0.2) is 83.6 Å². The summed E-state index contributed by atoms with van der Waals surface area (Å²) in [6, 6.07) is 15.2. The number of azo groups is 1. The molecule has 0 bridgehead atoms. The van der Waals surface area contributed by atoms with E-state index >= 15 is 0 Å². The van der Waals surface area contributed by atoms with E-state index in [1.165, 1.54) is 0 Å². The van der Waals surface area contributed by atoms with Gasteiger partial charge in [0.1, 0.15) is 11.5 Å². The first-order valence-corrected chi connectivity index (χ1v) is 11.9. The molecular formula is C28H36N2O4. The van der Waals surface area contributed by atoms with Crippen molar-refractivity contribution in [1.29, 1.82) is 0 Å². The van der Waals surface area contributed by atoms with Crippen LogP contribution in [0.25, 0.3) is 0 Å². The molecule has 0 amide bonds. The number of carbonyl (C=O) groups excluding carboxylic acids is 1. The van der Waals surface area contributed by atoms with E-state index in [0.717, 1.165) is 67.8 Å². The number of rotatable bonds is 17. The monoisotopic (exact) mass is 464 g/mol. The Labute approximate surface area is 203 Å². The molecule has 0 aliphatic rings. The Morgan fingerprint density at radius 1 is 0.765 bits per heavy atom. The first kappa shape index (κ1) is 26.8. The summed E-state index contributed by atoms with van der Waals surface area (Å²) in [5.74, 6) is 1.33. The molecule has 0 aromatic heterocycles. The first-order chi connectivity index (χ1) is 16.6. The van der Waals surface area contributed by atoms with Crippen LogP contribution in [-0.4, -0.2) is 25.8 Å². The van der Waals surface area contributed by atoms with Crippen LogP contribution in [0.2, 0.25) is 0 Å². The molecule has 6 heteroatoms. The second-order valence-corrected chi connectivity index (χ2v) is 8.00. The summed E-state index contributed by atoms with van der Waals surface area (Å²) in [4.78, 5) is 11.3. The molecule has 0 fully saturated rings. The third kappa shape index (κ3) is 11.5. The average molecular weight is 465 g/mol. The van der Waals surface area contributed by atoms with Gasteiger partial charge >= 0.3 is 5.97 Å². The molecule has 0 atom stereocenters. The Morgan fingerprint density at radius 2 is 1.24 bits per heavy atom. The lowest BCUT2D eigenvalue weighted by Crippen LogP contribution is -2.06. The van der Waals surface area contributed by atoms with Crippen molar-refractivity contribution in [2.24, 2.45) is 10.2 Å². The number of hydrogen-bond donors (Lipinski definition) is 0. The topological polar surface area (TPSA) is 69.5 Å². The molecule has 0 saturated heterocycles. The van der Waals surface area contributed by atoms with Crippen LogP contribution in [0.3, 0.4) is 0 Å². The maximum atomic E-state index is 11.3. The van der Waals surface area contributed by atoms with E-state index < -0.39 is 0 Å². The van der Waals surface area contributed by atoms with E-state index in [2.05, 4.69) is 23.4 Å². The zero-order valence-electron chi connectivity index (χ0n) is 20.2. The fourth-order valence-corrected chi connectivity index (χ4v) is 2.95. The summed E-state index contributed by atoms with van der Waals surface area (Å²) >= 11 is 0. The number of hydrogen-bond acceptors (Lipinski definition) is 6. The van der Waals surface area contributed by atoms with Crippen molar-refractivity contribution in [3.63, 3.8) is 0 Å². The first-order valence-electron chi connectivity index (χ1n) is 11.9. The van der Waals surface area contributed by atoms with Crippen molar-refractivity contribution in [1.82, 2.24) is 0 Å². The van der Waals surface area contributed by atoms with Gasteiger partial charge in [0, 0.05) is 5.57 Å². The zero-order chi connectivity index (χ0) is 24.4. The number of ether oxygens (including phenoxy) is 3. The van der Waals surface area contributed by atoms with Crippen LogP contribution in [0, 0.1) is 0 Å². The van der Waals surface area contributed by atoms with Gasteiger partial charge in [-0.05, 0) is 100 Å². The van der Waals surface area contributed by atoms with Crippen molar-refractivity contribution in [2.75, 3.05) is 19.8 Å². The molecule has 0 aliphatic carbocycles. The molecular weight excluding hydrogens is 428 g/mol. The molecule has 0 radical (unpaired) electrons. The van der Waals surface area contributed by atoms with Crippen LogP contribution in [0.4, 0.5) is 11.4 Å². The van der Waals surface area contributed by atoms with Gasteiger partial charge < -0.3 is 14.2 Å². The smallest absolute Gasteiger partial charge is 0.333 e. The molecule has 0 saturated carbocycles. The third-order valence-corrected chi connectivity index (χ3v) is 4.91. The molecule has 2 aromatic carbocycles. The van der Waals surface area contributed by atoms with Crippen LogP contribution in [0.1, 0.15) is 51.9 Å². The third-order valence-electron chi connectivity index (χ3n) is 4.91. The van der Waals surface area contributed by atoms with Gasteiger partial charge in [0.25, 0.3) is 0 Å². The van der Waals surface area contributed by atoms with Crippen molar-refractivity contribution in [2.45, 2.75) is 51.9 Å². The molecule has 2 aromatic rings. The lowest BCUT2D eigenvalue weighted by Gasteiger charge is -2.07. The van der Waals surface area contributed by atoms with E-state index in [0.29, 0.717) is 25.4 Å². The molecule has 182 valence electrons. The van der Waals surface area contributed by atoms with Crippen LogP contribution < -0.4 is 9.47 Å². The van der Waals surface area contributed by atoms with E-state index in [4.69, 9.17) is 14.2 Å². The fraction of sp³-hybridized carbons (Fsp3) is 0.393. The molecule has 6 nitrogen and oxygen atoms in total.